The largest absolute Gasteiger partial charge is 0.497 e. The Bertz CT molecular complexity index is 835. The first-order valence-corrected chi connectivity index (χ1v) is 9.32. The highest BCUT2D eigenvalue weighted by molar-refractivity contribution is 5.86. The first-order valence-electron chi connectivity index (χ1n) is 9.32. The van der Waals surface area contributed by atoms with Crippen LogP contribution in [0.3, 0.4) is 0 Å². The number of methoxy groups -OCH3 is 1. The van der Waals surface area contributed by atoms with Crippen LogP contribution in [0.1, 0.15) is 16.7 Å². The Morgan fingerprint density at radius 3 is 2.17 bits per heavy atom. The lowest BCUT2D eigenvalue weighted by Crippen LogP contribution is -2.43. The highest BCUT2D eigenvalue weighted by Crippen LogP contribution is 2.29. The van der Waals surface area contributed by atoms with Gasteiger partial charge < -0.3 is 20.7 Å². The van der Waals surface area contributed by atoms with E-state index in [0.29, 0.717) is 25.5 Å². The summed E-state index contributed by atoms with van der Waals surface area (Å²) >= 11 is 0. The molecule has 0 aliphatic carbocycles. The minimum absolute atomic E-state index is 0.0378. The lowest BCUT2D eigenvalue weighted by molar-refractivity contribution is -0.137. The molecule has 0 bridgehead atoms. The van der Waals surface area contributed by atoms with Crippen LogP contribution in [0, 0.1) is 0 Å². The molecule has 0 saturated heterocycles. The van der Waals surface area contributed by atoms with Gasteiger partial charge in [0.2, 0.25) is 5.91 Å². The van der Waals surface area contributed by atoms with Crippen LogP contribution in [-0.4, -0.2) is 39.1 Å². The van der Waals surface area contributed by atoms with E-state index in [1.807, 2.05) is 24.3 Å². The second kappa shape index (κ2) is 11.1. The van der Waals surface area contributed by atoms with E-state index in [0.717, 1.165) is 29.0 Å². The average molecular weight is 422 g/mol. The maximum absolute atomic E-state index is 12.6. The predicted molar refractivity (Wildman–Crippen MR) is 109 cm³/mol. The predicted octanol–water partition coefficient (Wildman–Crippen LogP) is 2.74. The fourth-order valence-corrected chi connectivity index (χ4v) is 2.58. The second-order valence-corrected chi connectivity index (χ2v) is 6.42. The summed E-state index contributed by atoms with van der Waals surface area (Å²) in [6.07, 6.45) is -3.82. The van der Waals surface area contributed by atoms with E-state index in [4.69, 9.17) is 4.74 Å². The molecule has 9 heteroatoms. The van der Waals surface area contributed by atoms with Gasteiger partial charge in [-0.3, -0.25) is 9.79 Å². The molecule has 0 saturated carbocycles. The third-order valence-corrected chi connectivity index (χ3v) is 4.28. The maximum atomic E-state index is 12.6. The van der Waals surface area contributed by atoms with Gasteiger partial charge in [-0.05, 0) is 41.8 Å². The Morgan fingerprint density at radius 2 is 1.60 bits per heavy atom. The number of alkyl halides is 3. The lowest BCUT2D eigenvalue weighted by Gasteiger charge is -2.12. The van der Waals surface area contributed by atoms with Crippen molar-refractivity contribution in [2.24, 2.45) is 4.99 Å². The molecular formula is C21H25F3N4O2. The van der Waals surface area contributed by atoms with Gasteiger partial charge in [-0.25, -0.2) is 0 Å². The summed E-state index contributed by atoms with van der Waals surface area (Å²) in [7, 11) is 3.16. The van der Waals surface area contributed by atoms with Gasteiger partial charge in [0, 0.05) is 20.1 Å². The van der Waals surface area contributed by atoms with Crippen LogP contribution in [0.2, 0.25) is 0 Å². The summed E-state index contributed by atoms with van der Waals surface area (Å²) in [6, 6.07) is 12.4. The first kappa shape index (κ1) is 23.1. The van der Waals surface area contributed by atoms with Crippen molar-refractivity contribution in [3.8, 4) is 5.75 Å². The third kappa shape index (κ3) is 7.65. The van der Waals surface area contributed by atoms with Crippen LogP contribution >= 0.6 is 0 Å². The molecule has 2 rings (SSSR count). The van der Waals surface area contributed by atoms with Crippen molar-refractivity contribution in [1.29, 1.82) is 0 Å². The van der Waals surface area contributed by atoms with Gasteiger partial charge >= 0.3 is 6.18 Å². The first-order chi connectivity index (χ1) is 14.3. The van der Waals surface area contributed by atoms with Crippen LogP contribution in [-0.2, 0) is 23.9 Å². The number of benzene rings is 2. The minimum Gasteiger partial charge on any atom is -0.497 e. The molecule has 0 aliphatic rings. The Kier molecular flexibility index (Phi) is 8.52. The maximum Gasteiger partial charge on any atom is 0.416 e. The standard InChI is InChI=1S/C21H25F3N4O2/c1-25-20(26-12-11-15-3-7-17(8-4-15)21(22,23)24)28-14-19(29)27-13-16-5-9-18(30-2)10-6-16/h3-10H,11-14H2,1-2H3,(H,27,29)(H2,25,26,28). The second-order valence-electron chi connectivity index (χ2n) is 6.42. The van der Waals surface area contributed by atoms with Crippen molar-refractivity contribution >= 4 is 11.9 Å². The van der Waals surface area contributed by atoms with Crippen molar-refractivity contribution in [2.45, 2.75) is 19.1 Å². The molecule has 0 aromatic heterocycles. The SMILES string of the molecule is CN=C(NCCc1ccc(C(F)(F)F)cc1)NCC(=O)NCc1ccc(OC)cc1. The zero-order valence-corrected chi connectivity index (χ0v) is 16.8. The monoisotopic (exact) mass is 422 g/mol. The zero-order valence-electron chi connectivity index (χ0n) is 16.8. The molecule has 6 nitrogen and oxygen atoms in total. The Labute approximate surface area is 173 Å². The van der Waals surface area contributed by atoms with Crippen LogP contribution in [0.4, 0.5) is 13.2 Å². The molecule has 3 N–H and O–H groups in total. The van der Waals surface area contributed by atoms with E-state index >= 15 is 0 Å². The summed E-state index contributed by atoms with van der Waals surface area (Å²) in [6.45, 7) is 0.888. The zero-order chi connectivity index (χ0) is 22.0. The van der Waals surface area contributed by atoms with E-state index in [1.54, 1.807) is 14.2 Å². The summed E-state index contributed by atoms with van der Waals surface area (Å²) in [5.74, 6) is 0.982. The molecule has 0 heterocycles. The highest BCUT2D eigenvalue weighted by Gasteiger charge is 2.29. The number of carbonyl (C=O) groups is 1. The molecule has 0 aliphatic heterocycles. The third-order valence-electron chi connectivity index (χ3n) is 4.28. The molecule has 0 spiro atoms. The minimum atomic E-state index is -4.34. The molecule has 2 aromatic carbocycles. The number of carbonyl (C=O) groups excluding carboxylic acids is 1. The molecule has 0 fully saturated rings. The lowest BCUT2D eigenvalue weighted by atomic mass is 10.1. The highest BCUT2D eigenvalue weighted by atomic mass is 19.4. The topological polar surface area (TPSA) is 74.8 Å². The fourth-order valence-electron chi connectivity index (χ4n) is 2.58. The number of nitrogens with one attached hydrogen (secondary N) is 3. The summed E-state index contributed by atoms with van der Waals surface area (Å²) < 4.78 is 42.8. The fraction of sp³-hybridized carbons (Fsp3) is 0.333. The Hall–Kier alpha value is -3.23. The number of nitrogens with zero attached hydrogens (tertiary/aromatic N) is 1. The van der Waals surface area contributed by atoms with Gasteiger partial charge in [-0.1, -0.05) is 24.3 Å². The molecule has 0 radical (unpaired) electrons. The van der Waals surface area contributed by atoms with Crippen molar-refractivity contribution in [3.05, 3.63) is 65.2 Å². The van der Waals surface area contributed by atoms with Crippen LogP contribution < -0.4 is 20.7 Å². The van der Waals surface area contributed by atoms with Crippen molar-refractivity contribution in [1.82, 2.24) is 16.0 Å². The van der Waals surface area contributed by atoms with Gasteiger partial charge in [0.15, 0.2) is 5.96 Å². The molecule has 162 valence electrons. The van der Waals surface area contributed by atoms with Gasteiger partial charge in [-0.15, -0.1) is 0 Å². The smallest absolute Gasteiger partial charge is 0.416 e. The number of hydrogen-bond acceptors (Lipinski definition) is 3. The van der Waals surface area contributed by atoms with Crippen molar-refractivity contribution < 1.29 is 22.7 Å². The number of amides is 1. The van der Waals surface area contributed by atoms with Crippen LogP contribution in [0.25, 0.3) is 0 Å². The Balaban J connectivity index is 1.69. The van der Waals surface area contributed by atoms with Crippen LogP contribution in [0.15, 0.2) is 53.5 Å². The van der Waals surface area contributed by atoms with Gasteiger partial charge in [0.1, 0.15) is 5.75 Å². The number of guanidine groups is 1. The summed E-state index contributed by atoms with van der Waals surface area (Å²) in [5.41, 5.74) is 1.05. The van der Waals surface area contributed by atoms with Gasteiger partial charge in [0.05, 0.1) is 19.2 Å². The van der Waals surface area contributed by atoms with E-state index in [9.17, 15) is 18.0 Å². The molecule has 0 unspecified atom stereocenters. The Morgan fingerprint density at radius 1 is 0.967 bits per heavy atom. The number of halogens is 3. The van der Waals surface area contributed by atoms with Gasteiger partial charge in [-0.2, -0.15) is 13.2 Å². The number of ether oxygens (including phenoxy) is 1. The van der Waals surface area contributed by atoms with E-state index in [1.165, 1.54) is 12.1 Å². The molecule has 0 atom stereocenters. The van der Waals surface area contributed by atoms with Crippen molar-refractivity contribution in [2.75, 3.05) is 27.2 Å². The molecular weight excluding hydrogens is 397 g/mol. The van der Waals surface area contributed by atoms with E-state index in [2.05, 4.69) is 20.9 Å². The quantitative estimate of drug-likeness (QED) is 0.452. The van der Waals surface area contributed by atoms with E-state index in [-0.39, 0.29) is 12.5 Å². The van der Waals surface area contributed by atoms with E-state index < -0.39 is 11.7 Å². The molecule has 2 aromatic rings. The molecule has 30 heavy (non-hydrogen) atoms. The number of rotatable bonds is 8. The number of aliphatic imine (C=N–C) groups is 1. The average Bonchev–Trinajstić information content (AvgIpc) is 2.74. The van der Waals surface area contributed by atoms with Crippen LogP contribution in [0.5, 0.6) is 5.75 Å². The normalized spacial score (nSPS) is 11.7. The summed E-state index contributed by atoms with van der Waals surface area (Å²) in [5, 5.41) is 8.72. The van der Waals surface area contributed by atoms with Gasteiger partial charge in [0.25, 0.3) is 0 Å². The number of hydrogen-bond donors (Lipinski definition) is 3. The molecule has 1 amide bonds. The summed E-state index contributed by atoms with van der Waals surface area (Å²) in [4.78, 5) is 16.0. The van der Waals surface area contributed by atoms with Crippen molar-refractivity contribution in [3.63, 3.8) is 0 Å².